The molecule has 10 nitrogen and oxygen atoms in total. The van der Waals surface area contributed by atoms with E-state index >= 15 is 0 Å². The van der Waals surface area contributed by atoms with Gasteiger partial charge in [0.05, 0.1) is 31.3 Å². The van der Waals surface area contributed by atoms with Crippen molar-refractivity contribution in [3.63, 3.8) is 0 Å². The Morgan fingerprint density at radius 3 is 2.50 bits per heavy atom. The number of piperidine rings is 2. The molecule has 3 saturated heterocycles. The molecule has 0 radical (unpaired) electrons. The summed E-state index contributed by atoms with van der Waals surface area (Å²) in [5, 5.41) is 16.8. The molecule has 180 valence electrons. The zero-order valence-electron chi connectivity index (χ0n) is 19.2. The number of benzene rings is 1. The molecule has 3 aliphatic heterocycles. The fourth-order valence-corrected chi connectivity index (χ4v) is 4.91. The van der Waals surface area contributed by atoms with E-state index in [1.807, 2.05) is 6.07 Å². The Labute approximate surface area is 198 Å². The van der Waals surface area contributed by atoms with Gasteiger partial charge < -0.3 is 25.8 Å². The van der Waals surface area contributed by atoms with Gasteiger partial charge in [-0.2, -0.15) is 5.26 Å². The van der Waals surface area contributed by atoms with Crippen LogP contribution >= 0.6 is 0 Å². The van der Waals surface area contributed by atoms with Gasteiger partial charge in [-0.1, -0.05) is 0 Å². The van der Waals surface area contributed by atoms with E-state index in [4.69, 9.17) is 5.26 Å². The van der Waals surface area contributed by atoms with Gasteiger partial charge in [0.15, 0.2) is 0 Å². The van der Waals surface area contributed by atoms with Gasteiger partial charge in [0.25, 0.3) is 5.91 Å². The van der Waals surface area contributed by atoms with Crippen molar-refractivity contribution in [2.24, 2.45) is 5.92 Å². The normalized spacial score (nSPS) is 23.6. The van der Waals surface area contributed by atoms with Crippen molar-refractivity contribution in [3.05, 3.63) is 35.4 Å². The molecule has 4 N–H and O–H groups in total. The molecule has 2 atom stereocenters. The van der Waals surface area contributed by atoms with Gasteiger partial charge >= 0.3 is 0 Å². The van der Waals surface area contributed by atoms with Gasteiger partial charge in [-0.3, -0.25) is 19.2 Å². The summed E-state index contributed by atoms with van der Waals surface area (Å²) in [7, 11) is 0. The maximum Gasteiger partial charge on any atom is 0.253 e. The van der Waals surface area contributed by atoms with Crippen molar-refractivity contribution in [1.29, 1.82) is 5.26 Å². The average molecular weight is 468 g/mol. The lowest BCUT2D eigenvalue weighted by atomic mass is 9.95. The molecule has 34 heavy (non-hydrogen) atoms. The minimum absolute atomic E-state index is 0.0492. The first-order chi connectivity index (χ1) is 16.5. The summed E-state index contributed by atoms with van der Waals surface area (Å²) < 4.78 is 0. The number of hydrogen-bond donors (Lipinski definition) is 3. The Bertz CT molecular complexity index is 982. The molecule has 0 aliphatic carbocycles. The summed E-state index contributed by atoms with van der Waals surface area (Å²) in [4.78, 5) is 55.2. The van der Waals surface area contributed by atoms with Crippen LogP contribution in [-0.2, 0) is 14.4 Å². The first-order valence-electron chi connectivity index (χ1n) is 12.0. The first kappa shape index (κ1) is 23.7. The average Bonchev–Trinajstić information content (AvgIpc) is 2.89. The Morgan fingerprint density at radius 2 is 1.82 bits per heavy atom. The van der Waals surface area contributed by atoms with Crippen LogP contribution in [0.25, 0.3) is 0 Å². The second kappa shape index (κ2) is 10.7. The van der Waals surface area contributed by atoms with Crippen molar-refractivity contribution >= 4 is 23.6 Å². The quantitative estimate of drug-likeness (QED) is 0.499. The largest absolute Gasteiger partial charge is 0.354 e. The van der Waals surface area contributed by atoms with E-state index in [-0.39, 0.29) is 36.7 Å². The van der Waals surface area contributed by atoms with Crippen molar-refractivity contribution in [2.75, 3.05) is 39.3 Å². The van der Waals surface area contributed by atoms with E-state index < -0.39 is 18.0 Å². The van der Waals surface area contributed by atoms with Crippen LogP contribution in [0.4, 0.5) is 0 Å². The second-order valence-electron chi connectivity index (χ2n) is 9.12. The smallest absolute Gasteiger partial charge is 0.253 e. The van der Waals surface area contributed by atoms with E-state index in [9.17, 15) is 19.2 Å². The van der Waals surface area contributed by atoms with Crippen LogP contribution in [0.3, 0.4) is 0 Å². The number of quaternary nitrogens is 1. The maximum absolute atomic E-state index is 13.4. The Hall–Kier alpha value is -3.45. The number of carbonyl (C=O) groups excluding carboxylic acids is 4. The summed E-state index contributed by atoms with van der Waals surface area (Å²) in [6.45, 7) is 2.99. The zero-order chi connectivity index (χ0) is 24.1. The zero-order valence-corrected chi connectivity index (χ0v) is 19.2. The molecular weight excluding hydrogens is 436 g/mol. The van der Waals surface area contributed by atoms with Crippen LogP contribution in [0.15, 0.2) is 24.3 Å². The van der Waals surface area contributed by atoms with Crippen LogP contribution in [0.5, 0.6) is 0 Å². The number of nitriles is 1. The van der Waals surface area contributed by atoms with E-state index in [0.29, 0.717) is 30.6 Å². The van der Waals surface area contributed by atoms with Crippen LogP contribution < -0.4 is 16.0 Å². The number of nitrogens with zero attached hydrogens (tertiary/aromatic N) is 3. The minimum Gasteiger partial charge on any atom is -0.354 e. The van der Waals surface area contributed by atoms with Crippen molar-refractivity contribution in [3.8, 4) is 6.07 Å². The Morgan fingerprint density at radius 1 is 1.09 bits per heavy atom. The van der Waals surface area contributed by atoms with Crippen LogP contribution in [0, 0.1) is 17.2 Å². The molecule has 0 spiro atoms. The lowest BCUT2D eigenvalue weighted by Gasteiger charge is -2.42. The molecule has 1 aromatic carbocycles. The molecule has 10 heteroatoms. The summed E-state index contributed by atoms with van der Waals surface area (Å²) in [6.07, 6.45) is 2.85. The maximum atomic E-state index is 13.4. The van der Waals surface area contributed by atoms with Crippen LogP contribution in [-0.4, -0.2) is 84.8 Å². The number of hydrogen-bond acceptors (Lipinski definition) is 5. The molecule has 0 bridgehead atoms. The van der Waals surface area contributed by atoms with Gasteiger partial charge in [0.1, 0.15) is 12.1 Å². The molecule has 0 unspecified atom stereocenters. The third kappa shape index (κ3) is 5.20. The number of nitrogens with one attached hydrogen (secondary N) is 2. The van der Waals surface area contributed by atoms with Gasteiger partial charge in [0.2, 0.25) is 17.7 Å². The number of rotatable bonds is 4. The highest BCUT2D eigenvalue weighted by Crippen LogP contribution is 2.21. The van der Waals surface area contributed by atoms with Crippen LogP contribution in [0.2, 0.25) is 0 Å². The Balaban J connectivity index is 1.52. The molecule has 4 rings (SSSR count). The summed E-state index contributed by atoms with van der Waals surface area (Å²) in [5.41, 5.74) is 0.882. The monoisotopic (exact) mass is 467 g/mol. The summed E-state index contributed by atoms with van der Waals surface area (Å²) >= 11 is 0. The van der Waals surface area contributed by atoms with Gasteiger partial charge in [-0.15, -0.1) is 0 Å². The van der Waals surface area contributed by atoms with Gasteiger partial charge in [-0.05, 0) is 37.1 Å². The van der Waals surface area contributed by atoms with Crippen molar-refractivity contribution in [1.82, 2.24) is 20.4 Å². The van der Waals surface area contributed by atoms with Crippen LogP contribution in [0.1, 0.15) is 41.6 Å². The summed E-state index contributed by atoms with van der Waals surface area (Å²) in [5.74, 6) is -1.06. The van der Waals surface area contributed by atoms with Crippen molar-refractivity contribution in [2.45, 2.75) is 37.8 Å². The fourth-order valence-electron chi connectivity index (χ4n) is 4.91. The van der Waals surface area contributed by atoms with E-state index in [1.54, 1.807) is 34.1 Å². The van der Waals surface area contributed by atoms with E-state index in [1.165, 1.54) is 0 Å². The van der Waals surface area contributed by atoms with Gasteiger partial charge in [-0.25, -0.2) is 0 Å². The highest BCUT2D eigenvalue weighted by atomic mass is 16.2. The number of amides is 4. The SMILES string of the molecule is N#Cc1ccc(C(=O)N2CCN(C(=O)C3CC[NH2+]CC3)[C@H](C(=O)N[C@H]3CCCNC3=O)C2)cc1. The third-order valence-electron chi connectivity index (χ3n) is 6.90. The van der Waals surface area contributed by atoms with E-state index in [2.05, 4.69) is 16.0 Å². The lowest BCUT2D eigenvalue weighted by molar-refractivity contribution is -0.664. The molecule has 3 heterocycles. The highest BCUT2D eigenvalue weighted by molar-refractivity contribution is 5.97. The molecule has 0 aromatic heterocycles. The fraction of sp³-hybridized carbons (Fsp3) is 0.542. The van der Waals surface area contributed by atoms with Crippen molar-refractivity contribution < 1.29 is 24.5 Å². The lowest BCUT2D eigenvalue weighted by Crippen LogP contribution is -2.86. The number of piperazine rings is 1. The third-order valence-corrected chi connectivity index (χ3v) is 6.90. The molecule has 0 saturated carbocycles. The number of nitrogens with two attached hydrogens (primary N) is 1. The molecule has 3 aliphatic rings. The number of carbonyl (C=O) groups is 4. The minimum atomic E-state index is -0.857. The predicted molar refractivity (Wildman–Crippen MR) is 121 cm³/mol. The summed E-state index contributed by atoms with van der Waals surface area (Å²) in [6, 6.07) is 6.90. The molecule has 1 aromatic rings. The molecule has 3 fully saturated rings. The topological polar surface area (TPSA) is 139 Å². The predicted octanol–water partition coefficient (Wildman–Crippen LogP) is -1.42. The Kier molecular flexibility index (Phi) is 7.43. The van der Waals surface area contributed by atoms with Gasteiger partial charge in [0, 0.05) is 44.0 Å². The molecular formula is C24H31N6O4+. The standard InChI is InChI=1S/C24H30N6O4/c25-14-16-3-5-17(6-4-16)23(33)29-12-13-30(24(34)18-7-10-26-11-8-18)20(15-29)22(32)28-19-2-1-9-27-21(19)31/h3-6,18-20,26H,1-2,7-13,15H2,(H,27,31)(H,28,32)/p+1/t19-,20-/m0/s1. The highest BCUT2D eigenvalue weighted by Gasteiger charge is 2.41. The first-order valence-corrected chi connectivity index (χ1v) is 12.0. The second-order valence-corrected chi connectivity index (χ2v) is 9.12. The molecule has 4 amide bonds. The van der Waals surface area contributed by atoms with E-state index in [0.717, 1.165) is 32.4 Å².